The minimum Gasteiger partial charge on any atom is -0.481 e. The molecular weight excluding hydrogens is 436 g/mol. The summed E-state index contributed by atoms with van der Waals surface area (Å²) in [7, 11) is 0. The van der Waals surface area contributed by atoms with E-state index >= 15 is 0 Å². The number of rotatable bonds is 8. The Morgan fingerprint density at radius 1 is 1.39 bits per heavy atom. The topological polar surface area (TPSA) is 104 Å². The highest BCUT2D eigenvalue weighted by atomic mass is 32.2. The third-order valence-corrected chi connectivity index (χ3v) is 6.06. The predicted octanol–water partition coefficient (Wildman–Crippen LogP) is 3.14. The van der Waals surface area contributed by atoms with Gasteiger partial charge in [-0.3, -0.25) is 23.7 Å². The van der Waals surface area contributed by atoms with E-state index in [1.165, 1.54) is 15.4 Å². The number of nitrogens with zero attached hydrogens (tertiary/aromatic N) is 3. The SMILES string of the molecule is Cc1cccn2c(=O)c(C=C3SC(=S)N(CCCC(=O)O)C3=O)c(NCC(C)C)nc12. The number of aliphatic carboxylic acids is 1. The van der Waals surface area contributed by atoms with Gasteiger partial charge in [-0.25, -0.2) is 4.98 Å². The van der Waals surface area contributed by atoms with Gasteiger partial charge >= 0.3 is 5.97 Å². The molecule has 0 saturated carbocycles. The summed E-state index contributed by atoms with van der Waals surface area (Å²) < 4.78 is 1.82. The van der Waals surface area contributed by atoms with Gasteiger partial charge in [0.2, 0.25) is 0 Å². The lowest BCUT2D eigenvalue weighted by Crippen LogP contribution is -2.29. The summed E-state index contributed by atoms with van der Waals surface area (Å²) in [6, 6.07) is 3.66. The fourth-order valence-corrected chi connectivity index (χ4v) is 4.38. The molecule has 3 rings (SSSR count). The van der Waals surface area contributed by atoms with E-state index in [2.05, 4.69) is 10.3 Å². The predicted molar refractivity (Wildman–Crippen MR) is 126 cm³/mol. The van der Waals surface area contributed by atoms with Crippen molar-refractivity contribution < 1.29 is 14.7 Å². The molecule has 0 aliphatic carbocycles. The Morgan fingerprint density at radius 3 is 2.81 bits per heavy atom. The second-order valence-electron chi connectivity index (χ2n) is 7.67. The maximum atomic E-state index is 13.3. The normalized spacial score (nSPS) is 15.5. The molecular formula is C21H24N4O4S2. The number of carboxylic acids is 1. The fraction of sp³-hybridized carbons (Fsp3) is 0.381. The minimum atomic E-state index is -0.924. The minimum absolute atomic E-state index is 0.0470. The quantitative estimate of drug-likeness (QED) is 0.457. The van der Waals surface area contributed by atoms with E-state index in [0.29, 0.717) is 39.6 Å². The van der Waals surface area contributed by atoms with Gasteiger partial charge in [0, 0.05) is 25.7 Å². The fourth-order valence-electron chi connectivity index (χ4n) is 3.09. The van der Waals surface area contributed by atoms with Crippen molar-refractivity contribution in [3.05, 3.63) is 44.7 Å². The molecule has 1 saturated heterocycles. The van der Waals surface area contributed by atoms with Gasteiger partial charge in [0.05, 0.1) is 10.5 Å². The van der Waals surface area contributed by atoms with Crippen molar-refractivity contribution in [1.82, 2.24) is 14.3 Å². The zero-order valence-corrected chi connectivity index (χ0v) is 19.2. The van der Waals surface area contributed by atoms with Gasteiger partial charge in [-0.1, -0.05) is 43.9 Å². The molecule has 31 heavy (non-hydrogen) atoms. The number of hydrogen-bond acceptors (Lipinski definition) is 7. The van der Waals surface area contributed by atoms with Crippen LogP contribution < -0.4 is 10.9 Å². The first-order valence-corrected chi connectivity index (χ1v) is 11.1. The number of thioether (sulfide) groups is 1. The van der Waals surface area contributed by atoms with Crippen LogP contribution in [0.1, 0.15) is 37.8 Å². The first-order valence-electron chi connectivity index (χ1n) is 9.92. The molecule has 0 radical (unpaired) electrons. The van der Waals surface area contributed by atoms with Crippen molar-refractivity contribution in [3.8, 4) is 0 Å². The number of aryl methyl sites for hydroxylation is 1. The van der Waals surface area contributed by atoms with Crippen molar-refractivity contribution in [3.63, 3.8) is 0 Å². The largest absolute Gasteiger partial charge is 0.481 e. The number of amides is 1. The molecule has 0 atom stereocenters. The number of thiocarbonyl (C=S) groups is 1. The van der Waals surface area contributed by atoms with Gasteiger partial charge in [-0.2, -0.15) is 0 Å². The van der Waals surface area contributed by atoms with Crippen LogP contribution in [0.3, 0.4) is 0 Å². The van der Waals surface area contributed by atoms with Crippen molar-refractivity contribution in [2.24, 2.45) is 5.92 Å². The van der Waals surface area contributed by atoms with Gasteiger partial charge in [0.25, 0.3) is 11.5 Å². The Labute approximate surface area is 189 Å². The lowest BCUT2D eigenvalue weighted by molar-refractivity contribution is -0.137. The van der Waals surface area contributed by atoms with Gasteiger partial charge in [-0.15, -0.1) is 0 Å². The zero-order chi connectivity index (χ0) is 22.7. The van der Waals surface area contributed by atoms with E-state index in [1.54, 1.807) is 12.3 Å². The summed E-state index contributed by atoms with van der Waals surface area (Å²) in [6.07, 6.45) is 3.44. The average molecular weight is 461 g/mol. The van der Waals surface area contributed by atoms with Crippen LogP contribution in [-0.2, 0) is 9.59 Å². The smallest absolute Gasteiger partial charge is 0.303 e. The summed E-state index contributed by atoms with van der Waals surface area (Å²) >= 11 is 6.40. The molecule has 2 N–H and O–H groups in total. The van der Waals surface area contributed by atoms with Gasteiger partial charge in [0.15, 0.2) is 0 Å². The van der Waals surface area contributed by atoms with E-state index in [4.69, 9.17) is 17.3 Å². The monoisotopic (exact) mass is 460 g/mol. The van der Waals surface area contributed by atoms with Crippen molar-refractivity contribution in [2.45, 2.75) is 33.6 Å². The maximum Gasteiger partial charge on any atom is 0.303 e. The third-order valence-electron chi connectivity index (χ3n) is 4.68. The number of aromatic nitrogens is 2. The van der Waals surface area contributed by atoms with Gasteiger partial charge < -0.3 is 10.4 Å². The van der Waals surface area contributed by atoms with Gasteiger partial charge in [-0.05, 0) is 37.0 Å². The van der Waals surface area contributed by atoms with Crippen LogP contribution in [0.4, 0.5) is 5.82 Å². The van der Waals surface area contributed by atoms with E-state index in [9.17, 15) is 14.4 Å². The lowest BCUT2D eigenvalue weighted by atomic mass is 10.2. The number of fused-ring (bicyclic) bond motifs is 1. The van der Waals surface area contributed by atoms with Crippen LogP contribution in [0.5, 0.6) is 0 Å². The molecule has 1 amide bonds. The summed E-state index contributed by atoms with van der Waals surface area (Å²) in [4.78, 5) is 43.2. The maximum absolute atomic E-state index is 13.3. The number of anilines is 1. The third kappa shape index (κ3) is 5.13. The number of carboxylic acid groups (broad SMARTS) is 1. The molecule has 0 unspecified atom stereocenters. The van der Waals surface area contributed by atoms with Crippen LogP contribution >= 0.6 is 24.0 Å². The van der Waals surface area contributed by atoms with Crippen LogP contribution in [-0.4, -0.2) is 48.7 Å². The summed E-state index contributed by atoms with van der Waals surface area (Å²) in [5.41, 5.74) is 1.42. The molecule has 0 bridgehead atoms. The van der Waals surface area contributed by atoms with Crippen LogP contribution in [0.25, 0.3) is 11.7 Å². The molecule has 3 heterocycles. The van der Waals surface area contributed by atoms with Crippen molar-refractivity contribution >= 4 is 57.7 Å². The van der Waals surface area contributed by atoms with Crippen LogP contribution in [0.15, 0.2) is 28.0 Å². The molecule has 164 valence electrons. The molecule has 0 spiro atoms. The second-order valence-corrected chi connectivity index (χ2v) is 9.35. The molecule has 1 aliphatic rings. The molecule has 0 aromatic carbocycles. The molecule has 2 aromatic heterocycles. The highest BCUT2D eigenvalue weighted by Gasteiger charge is 2.32. The molecule has 8 nitrogen and oxygen atoms in total. The number of carbonyl (C=O) groups excluding carboxylic acids is 1. The molecule has 1 aliphatic heterocycles. The first kappa shape index (κ1) is 23.0. The summed E-state index contributed by atoms with van der Waals surface area (Å²) in [5.74, 6) is -0.502. The van der Waals surface area contributed by atoms with Crippen LogP contribution in [0, 0.1) is 12.8 Å². The molecule has 1 fully saturated rings. The van der Waals surface area contributed by atoms with Crippen molar-refractivity contribution in [1.29, 1.82) is 0 Å². The van der Waals surface area contributed by atoms with Crippen molar-refractivity contribution in [2.75, 3.05) is 18.4 Å². The Bertz CT molecular complexity index is 1140. The summed E-state index contributed by atoms with van der Waals surface area (Å²) in [6.45, 7) is 6.82. The Hall–Kier alpha value is -2.72. The standard InChI is InChI=1S/C21H24N4O4S2/c1-12(2)11-22-17-14(19(28)24-8-4-6-13(3)18(24)23-17)10-15-20(29)25(21(30)31-15)9-5-7-16(26)27/h4,6,8,10,12,22H,5,7,9,11H2,1-3H3,(H,26,27). The first-order chi connectivity index (χ1) is 14.7. The Kier molecular flexibility index (Phi) is 7.11. The highest BCUT2D eigenvalue weighted by molar-refractivity contribution is 8.26. The Balaban J connectivity index is 2.02. The highest BCUT2D eigenvalue weighted by Crippen LogP contribution is 2.33. The van der Waals surface area contributed by atoms with Crippen LogP contribution in [0.2, 0.25) is 0 Å². The lowest BCUT2D eigenvalue weighted by Gasteiger charge is -2.14. The van der Waals surface area contributed by atoms with E-state index < -0.39 is 5.97 Å². The number of pyridine rings is 1. The summed E-state index contributed by atoms with van der Waals surface area (Å²) in [5, 5.41) is 12.0. The number of hydrogen-bond donors (Lipinski definition) is 2. The number of nitrogens with one attached hydrogen (secondary N) is 1. The number of carbonyl (C=O) groups is 2. The molecule has 2 aromatic rings. The van der Waals surface area contributed by atoms with E-state index in [0.717, 1.165) is 17.3 Å². The average Bonchev–Trinajstić information content (AvgIpc) is 2.96. The second kappa shape index (κ2) is 9.61. The zero-order valence-electron chi connectivity index (χ0n) is 17.5. The van der Waals surface area contributed by atoms with Gasteiger partial charge in [0.1, 0.15) is 15.8 Å². The van der Waals surface area contributed by atoms with E-state index in [-0.39, 0.29) is 30.0 Å². The molecule has 10 heteroatoms. The Morgan fingerprint density at radius 2 is 2.13 bits per heavy atom. The van der Waals surface area contributed by atoms with E-state index in [1.807, 2.05) is 26.8 Å².